The van der Waals surface area contributed by atoms with Gasteiger partial charge in [0.2, 0.25) is 0 Å². The van der Waals surface area contributed by atoms with Crippen LogP contribution in [0.5, 0.6) is 5.75 Å². The molecule has 0 bridgehead atoms. The number of halogens is 1. The van der Waals surface area contributed by atoms with Gasteiger partial charge in [0.25, 0.3) is 0 Å². The predicted octanol–water partition coefficient (Wildman–Crippen LogP) is 2.41. The van der Waals surface area contributed by atoms with Crippen molar-refractivity contribution >= 4 is 15.9 Å². The summed E-state index contributed by atoms with van der Waals surface area (Å²) >= 11 is 3.61. The van der Waals surface area contributed by atoms with Gasteiger partial charge in [0, 0.05) is 32.2 Å². The van der Waals surface area contributed by atoms with Gasteiger partial charge in [-0.3, -0.25) is 4.90 Å². The minimum Gasteiger partial charge on any atom is -0.491 e. The van der Waals surface area contributed by atoms with Crippen LogP contribution in [-0.2, 0) is 11.3 Å². The van der Waals surface area contributed by atoms with Crippen molar-refractivity contribution in [3.63, 3.8) is 0 Å². The van der Waals surface area contributed by atoms with E-state index in [9.17, 15) is 0 Å². The van der Waals surface area contributed by atoms with Gasteiger partial charge in [-0.15, -0.1) is 0 Å². The molecule has 2 fully saturated rings. The van der Waals surface area contributed by atoms with Crippen LogP contribution in [0.15, 0.2) is 22.7 Å². The summed E-state index contributed by atoms with van der Waals surface area (Å²) in [6.45, 7) is 6.32. The molecule has 1 saturated carbocycles. The van der Waals surface area contributed by atoms with Crippen molar-refractivity contribution in [2.24, 2.45) is 0 Å². The second-order valence-corrected chi connectivity index (χ2v) is 6.58. The van der Waals surface area contributed by atoms with Gasteiger partial charge in [-0.1, -0.05) is 6.07 Å². The first-order valence-corrected chi connectivity index (χ1v) is 8.55. The molecule has 3 rings (SSSR count). The lowest BCUT2D eigenvalue weighted by Crippen LogP contribution is -2.38. The molecule has 1 saturated heterocycles. The second-order valence-electron chi connectivity index (χ2n) is 5.72. The molecule has 0 atom stereocenters. The van der Waals surface area contributed by atoms with E-state index in [0.29, 0.717) is 0 Å². The molecule has 4 nitrogen and oxygen atoms in total. The van der Waals surface area contributed by atoms with E-state index in [1.54, 1.807) is 0 Å². The highest BCUT2D eigenvalue weighted by Gasteiger charge is 2.20. The van der Waals surface area contributed by atoms with E-state index in [0.717, 1.165) is 62.3 Å². The van der Waals surface area contributed by atoms with Gasteiger partial charge >= 0.3 is 0 Å². The number of nitrogens with one attached hydrogen (secondary N) is 1. The molecule has 0 aromatic heterocycles. The zero-order valence-corrected chi connectivity index (χ0v) is 13.9. The highest BCUT2D eigenvalue weighted by Crippen LogP contribution is 2.26. The predicted molar refractivity (Wildman–Crippen MR) is 86.8 cm³/mol. The standard InChI is InChI=1S/C16H23BrN2O2/c17-15-11-13(12-18-14-2-3-14)1-4-16(15)21-10-7-19-5-8-20-9-6-19/h1,4,11,14,18H,2-3,5-10,12H2. The second kappa shape index (κ2) is 7.58. The van der Waals surface area contributed by atoms with Gasteiger partial charge in [0.05, 0.1) is 17.7 Å². The summed E-state index contributed by atoms with van der Waals surface area (Å²) in [4.78, 5) is 2.38. The summed E-state index contributed by atoms with van der Waals surface area (Å²) in [5.41, 5.74) is 1.30. The van der Waals surface area contributed by atoms with E-state index in [1.807, 2.05) is 0 Å². The molecule has 0 radical (unpaired) electrons. The van der Waals surface area contributed by atoms with Gasteiger partial charge in [0.1, 0.15) is 12.4 Å². The number of benzene rings is 1. The molecule has 1 aromatic carbocycles. The summed E-state index contributed by atoms with van der Waals surface area (Å²) < 4.78 is 12.3. The summed E-state index contributed by atoms with van der Waals surface area (Å²) in [5, 5.41) is 3.53. The van der Waals surface area contributed by atoms with E-state index in [1.165, 1.54) is 18.4 Å². The molecular weight excluding hydrogens is 332 g/mol. The molecule has 5 heteroatoms. The first kappa shape index (κ1) is 15.3. The SMILES string of the molecule is Brc1cc(CNC2CC2)ccc1OCCN1CCOCC1. The summed E-state index contributed by atoms with van der Waals surface area (Å²) in [7, 11) is 0. The lowest BCUT2D eigenvalue weighted by molar-refractivity contribution is 0.0322. The minimum atomic E-state index is 0.721. The average Bonchev–Trinajstić information content (AvgIpc) is 3.32. The van der Waals surface area contributed by atoms with Crippen LogP contribution in [0.4, 0.5) is 0 Å². The van der Waals surface area contributed by atoms with Gasteiger partial charge in [-0.05, 0) is 46.5 Å². The Morgan fingerprint density at radius 1 is 1.29 bits per heavy atom. The molecule has 116 valence electrons. The molecule has 1 aliphatic heterocycles. The summed E-state index contributed by atoms with van der Waals surface area (Å²) in [5.74, 6) is 0.929. The molecule has 0 unspecified atom stereocenters. The lowest BCUT2D eigenvalue weighted by atomic mass is 10.2. The van der Waals surface area contributed by atoms with Crippen LogP contribution < -0.4 is 10.1 Å². The fraction of sp³-hybridized carbons (Fsp3) is 0.625. The maximum Gasteiger partial charge on any atom is 0.133 e. The van der Waals surface area contributed by atoms with Crippen LogP contribution >= 0.6 is 15.9 Å². The van der Waals surface area contributed by atoms with Crippen LogP contribution in [0, 0.1) is 0 Å². The Balaban J connectivity index is 1.43. The molecule has 1 aromatic rings. The van der Waals surface area contributed by atoms with Crippen LogP contribution in [0.3, 0.4) is 0 Å². The van der Waals surface area contributed by atoms with Crippen LogP contribution in [0.1, 0.15) is 18.4 Å². The number of rotatable bonds is 7. The van der Waals surface area contributed by atoms with E-state index in [4.69, 9.17) is 9.47 Å². The molecule has 2 aliphatic rings. The Kier molecular flexibility index (Phi) is 5.52. The van der Waals surface area contributed by atoms with Crippen molar-refractivity contribution in [2.75, 3.05) is 39.5 Å². The fourth-order valence-electron chi connectivity index (χ4n) is 2.43. The summed E-state index contributed by atoms with van der Waals surface area (Å²) in [6, 6.07) is 7.10. The number of hydrogen-bond acceptors (Lipinski definition) is 4. The number of hydrogen-bond donors (Lipinski definition) is 1. The zero-order valence-electron chi connectivity index (χ0n) is 12.3. The Morgan fingerprint density at radius 3 is 2.81 bits per heavy atom. The highest BCUT2D eigenvalue weighted by atomic mass is 79.9. The van der Waals surface area contributed by atoms with Crippen molar-refractivity contribution in [3.05, 3.63) is 28.2 Å². The molecule has 0 amide bonds. The number of morpholine rings is 1. The summed E-state index contributed by atoms with van der Waals surface area (Å²) in [6.07, 6.45) is 2.65. The Morgan fingerprint density at radius 2 is 2.10 bits per heavy atom. The van der Waals surface area contributed by atoms with E-state index < -0.39 is 0 Å². The first-order chi connectivity index (χ1) is 10.3. The molecule has 21 heavy (non-hydrogen) atoms. The van der Waals surface area contributed by atoms with Crippen molar-refractivity contribution in [3.8, 4) is 5.75 Å². The topological polar surface area (TPSA) is 33.7 Å². The van der Waals surface area contributed by atoms with Crippen LogP contribution in [-0.4, -0.2) is 50.4 Å². The highest BCUT2D eigenvalue weighted by molar-refractivity contribution is 9.10. The Labute approximate surface area is 134 Å². The minimum absolute atomic E-state index is 0.721. The maximum atomic E-state index is 5.88. The maximum absolute atomic E-state index is 5.88. The van der Waals surface area contributed by atoms with Crippen molar-refractivity contribution in [1.29, 1.82) is 0 Å². The third kappa shape index (κ3) is 4.95. The first-order valence-electron chi connectivity index (χ1n) is 7.76. The molecule has 1 N–H and O–H groups in total. The Bertz CT molecular complexity index is 460. The zero-order chi connectivity index (χ0) is 14.5. The van der Waals surface area contributed by atoms with Gasteiger partial charge in [-0.25, -0.2) is 0 Å². The quantitative estimate of drug-likeness (QED) is 0.815. The lowest BCUT2D eigenvalue weighted by Gasteiger charge is -2.26. The van der Waals surface area contributed by atoms with Gasteiger partial charge in [-0.2, -0.15) is 0 Å². The van der Waals surface area contributed by atoms with E-state index in [2.05, 4.69) is 44.3 Å². The van der Waals surface area contributed by atoms with Crippen molar-refractivity contribution < 1.29 is 9.47 Å². The van der Waals surface area contributed by atoms with E-state index >= 15 is 0 Å². The van der Waals surface area contributed by atoms with Crippen molar-refractivity contribution in [2.45, 2.75) is 25.4 Å². The average molecular weight is 355 g/mol. The van der Waals surface area contributed by atoms with Crippen molar-refractivity contribution in [1.82, 2.24) is 10.2 Å². The number of nitrogens with zero attached hydrogens (tertiary/aromatic N) is 1. The van der Waals surface area contributed by atoms with Gasteiger partial charge < -0.3 is 14.8 Å². The number of ether oxygens (including phenoxy) is 2. The van der Waals surface area contributed by atoms with Crippen LogP contribution in [0.2, 0.25) is 0 Å². The third-order valence-electron chi connectivity index (χ3n) is 3.94. The van der Waals surface area contributed by atoms with Crippen LogP contribution in [0.25, 0.3) is 0 Å². The third-order valence-corrected chi connectivity index (χ3v) is 4.56. The smallest absolute Gasteiger partial charge is 0.133 e. The Hall–Kier alpha value is -0.620. The largest absolute Gasteiger partial charge is 0.491 e. The molecular formula is C16H23BrN2O2. The normalized spacial score (nSPS) is 19.7. The molecule has 0 spiro atoms. The molecule has 1 aliphatic carbocycles. The fourth-order valence-corrected chi connectivity index (χ4v) is 2.97. The molecule has 1 heterocycles. The van der Waals surface area contributed by atoms with E-state index in [-0.39, 0.29) is 0 Å². The van der Waals surface area contributed by atoms with Gasteiger partial charge in [0.15, 0.2) is 0 Å². The monoisotopic (exact) mass is 354 g/mol.